The average Bonchev–Trinajstić information content (AvgIpc) is 2.51. The number of carbonyl (C=O) groups excluding carboxylic acids is 2. The highest BCUT2D eigenvalue weighted by molar-refractivity contribution is 6.30. The van der Waals surface area contributed by atoms with Crippen LogP contribution >= 0.6 is 11.6 Å². The summed E-state index contributed by atoms with van der Waals surface area (Å²) >= 11 is 5.92. The number of carbonyl (C=O) groups is 2. The Morgan fingerprint density at radius 1 is 1.08 bits per heavy atom. The minimum atomic E-state index is -0.234. The van der Waals surface area contributed by atoms with Gasteiger partial charge in [0, 0.05) is 24.2 Å². The largest absolute Gasteiger partial charge is 0.329 e. The number of benzene rings is 2. The number of hydrogen-bond donors (Lipinski definition) is 1. The first-order valence-electron chi connectivity index (χ1n) is 7.72. The van der Waals surface area contributed by atoms with Crippen LogP contribution in [0.4, 0.5) is 5.69 Å². The summed E-state index contributed by atoms with van der Waals surface area (Å²) in [5.41, 5.74) is 3.72. The van der Waals surface area contributed by atoms with Gasteiger partial charge in [-0.05, 0) is 43.2 Å². The molecule has 0 saturated heterocycles. The molecule has 2 rings (SSSR count). The molecule has 0 unspecified atom stereocenters. The van der Waals surface area contributed by atoms with Gasteiger partial charge >= 0.3 is 0 Å². The zero-order valence-corrected chi connectivity index (χ0v) is 14.9. The molecule has 0 aliphatic carbocycles. The van der Waals surface area contributed by atoms with Crippen LogP contribution < -0.4 is 5.32 Å². The van der Waals surface area contributed by atoms with E-state index in [0.717, 1.165) is 16.7 Å². The number of amides is 2. The van der Waals surface area contributed by atoms with E-state index < -0.39 is 0 Å². The summed E-state index contributed by atoms with van der Waals surface area (Å²) in [5, 5.41) is 3.45. The van der Waals surface area contributed by atoms with E-state index in [1.54, 1.807) is 18.2 Å². The second-order valence-electron chi connectivity index (χ2n) is 5.87. The summed E-state index contributed by atoms with van der Waals surface area (Å²) in [6.45, 7) is 5.76. The van der Waals surface area contributed by atoms with Crippen molar-refractivity contribution in [3.8, 4) is 0 Å². The quantitative estimate of drug-likeness (QED) is 0.893. The van der Waals surface area contributed by atoms with E-state index in [0.29, 0.717) is 17.3 Å². The first kappa shape index (κ1) is 18.0. The Hall–Kier alpha value is -2.33. The molecular weight excluding hydrogens is 324 g/mol. The van der Waals surface area contributed by atoms with Crippen molar-refractivity contribution >= 4 is 29.1 Å². The van der Waals surface area contributed by atoms with Gasteiger partial charge < -0.3 is 10.2 Å². The van der Waals surface area contributed by atoms with Crippen molar-refractivity contribution in [2.24, 2.45) is 0 Å². The SMILES string of the molecule is CC(=O)N(CC(=O)Nc1ccc(Cl)cc1C)Cc1ccc(C)cc1. The Morgan fingerprint density at radius 3 is 2.33 bits per heavy atom. The standard InChI is InChI=1S/C19H21ClN2O2/c1-13-4-6-16(7-5-13)11-22(15(3)23)12-19(24)21-18-9-8-17(20)10-14(18)2/h4-10H,11-12H2,1-3H3,(H,21,24). The van der Waals surface area contributed by atoms with E-state index in [2.05, 4.69) is 5.32 Å². The number of anilines is 1. The third-order valence-corrected chi connectivity index (χ3v) is 3.97. The van der Waals surface area contributed by atoms with Crippen LogP contribution in [0.2, 0.25) is 5.02 Å². The third-order valence-electron chi connectivity index (χ3n) is 3.74. The highest BCUT2D eigenvalue weighted by atomic mass is 35.5. The van der Waals surface area contributed by atoms with Crippen molar-refractivity contribution < 1.29 is 9.59 Å². The van der Waals surface area contributed by atoms with Crippen molar-refractivity contribution in [1.82, 2.24) is 4.90 Å². The summed E-state index contributed by atoms with van der Waals surface area (Å²) in [5.74, 6) is -0.374. The summed E-state index contributed by atoms with van der Waals surface area (Å²) in [4.78, 5) is 25.6. The van der Waals surface area contributed by atoms with Crippen LogP contribution in [0.5, 0.6) is 0 Å². The normalized spacial score (nSPS) is 10.3. The molecule has 0 spiro atoms. The predicted octanol–water partition coefficient (Wildman–Crippen LogP) is 3.94. The first-order chi connectivity index (χ1) is 11.3. The predicted molar refractivity (Wildman–Crippen MR) is 97.1 cm³/mol. The summed E-state index contributed by atoms with van der Waals surface area (Å²) < 4.78 is 0. The number of nitrogens with zero attached hydrogens (tertiary/aromatic N) is 1. The van der Waals surface area contributed by atoms with Gasteiger partial charge in [0.05, 0.1) is 0 Å². The molecule has 0 saturated carbocycles. The molecule has 0 radical (unpaired) electrons. The smallest absolute Gasteiger partial charge is 0.244 e. The Balaban J connectivity index is 2.02. The Bertz CT molecular complexity index is 742. The van der Waals surface area contributed by atoms with Gasteiger partial charge in [0.1, 0.15) is 6.54 Å². The topological polar surface area (TPSA) is 49.4 Å². The average molecular weight is 345 g/mol. The zero-order chi connectivity index (χ0) is 17.7. The summed E-state index contributed by atoms with van der Waals surface area (Å²) in [7, 11) is 0. The lowest BCUT2D eigenvalue weighted by molar-refractivity contribution is -0.133. The number of nitrogens with one attached hydrogen (secondary N) is 1. The minimum Gasteiger partial charge on any atom is -0.329 e. The number of halogens is 1. The highest BCUT2D eigenvalue weighted by Gasteiger charge is 2.15. The lowest BCUT2D eigenvalue weighted by Crippen LogP contribution is -2.36. The first-order valence-corrected chi connectivity index (χ1v) is 8.10. The van der Waals surface area contributed by atoms with Crippen molar-refractivity contribution in [2.45, 2.75) is 27.3 Å². The maximum Gasteiger partial charge on any atom is 0.244 e. The number of hydrogen-bond acceptors (Lipinski definition) is 2. The number of rotatable bonds is 5. The van der Waals surface area contributed by atoms with Crippen LogP contribution in [0.3, 0.4) is 0 Å². The molecule has 5 heteroatoms. The molecule has 2 aromatic rings. The van der Waals surface area contributed by atoms with Crippen LogP contribution in [0.25, 0.3) is 0 Å². The Morgan fingerprint density at radius 2 is 1.75 bits per heavy atom. The number of aryl methyl sites for hydroxylation is 2. The fourth-order valence-electron chi connectivity index (χ4n) is 2.32. The molecule has 0 fully saturated rings. The molecule has 0 bridgehead atoms. The van der Waals surface area contributed by atoms with Crippen molar-refractivity contribution in [3.63, 3.8) is 0 Å². The summed E-state index contributed by atoms with van der Waals surface area (Å²) in [6.07, 6.45) is 0. The van der Waals surface area contributed by atoms with Crippen molar-refractivity contribution in [1.29, 1.82) is 0 Å². The molecule has 0 aromatic heterocycles. The van der Waals surface area contributed by atoms with E-state index in [1.807, 2.05) is 38.1 Å². The fraction of sp³-hybridized carbons (Fsp3) is 0.263. The molecule has 0 aliphatic rings. The van der Waals surface area contributed by atoms with Gasteiger partial charge in [-0.1, -0.05) is 41.4 Å². The molecule has 0 atom stereocenters. The molecule has 1 N–H and O–H groups in total. The highest BCUT2D eigenvalue weighted by Crippen LogP contribution is 2.19. The molecule has 24 heavy (non-hydrogen) atoms. The fourth-order valence-corrected chi connectivity index (χ4v) is 2.55. The third kappa shape index (κ3) is 5.10. The van der Waals surface area contributed by atoms with Gasteiger partial charge in [0.2, 0.25) is 11.8 Å². The van der Waals surface area contributed by atoms with E-state index >= 15 is 0 Å². The molecule has 2 aromatic carbocycles. The van der Waals surface area contributed by atoms with Gasteiger partial charge in [-0.3, -0.25) is 9.59 Å². The van der Waals surface area contributed by atoms with Gasteiger partial charge in [-0.2, -0.15) is 0 Å². The van der Waals surface area contributed by atoms with E-state index in [1.165, 1.54) is 11.8 Å². The van der Waals surface area contributed by atoms with E-state index in [9.17, 15) is 9.59 Å². The molecule has 126 valence electrons. The lowest BCUT2D eigenvalue weighted by Gasteiger charge is -2.21. The maximum absolute atomic E-state index is 12.3. The van der Waals surface area contributed by atoms with Gasteiger partial charge in [-0.25, -0.2) is 0 Å². The van der Waals surface area contributed by atoms with Crippen LogP contribution in [0.15, 0.2) is 42.5 Å². The zero-order valence-electron chi connectivity index (χ0n) is 14.1. The van der Waals surface area contributed by atoms with Crippen LogP contribution in [0.1, 0.15) is 23.6 Å². The molecule has 2 amide bonds. The molecule has 0 aliphatic heterocycles. The van der Waals surface area contributed by atoms with Gasteiger partial charge in [-0.15, -0.1) is 0 Å². The van der Waals surface area contributed by atoms with Crippen molar-refractivity contribution in [2.75, 3.05) is 11.9 Å². The van der Waals surface area contributed by atoms with Crippen LogP contribution in [0, 0.1) is 13.8 Å². The molecular formula is C19H21ClN2O2. The van der Waals surface area contributed by atoms with Crippen LogP contribution in [-0.2, 0) is 16.1 Å². The monoisotopic (exact) mass is 344 g/mol. The lowest BCUT2D eigenvalue weighted by atomic mass is 10.1. The second-order valence-corrected chi connectivity index (χ2v) is 6.30. The second kappa shape index (κ2) is 7.97. The summed E-state index contributed by atoms with van der Waals surface area (Å²) in [6, 6.07) is 13.2. The van der Waals surface area contributed by atoms with Gasteiger partial charge in [0.25, 0.3) is 0 Å². The minimum absolute atomic E-state index is 0.00523. The van der Waals surface area contributed by atoms with Crippen LogP contribution in [-0.4, -0.2) is 23.3 Å². The Kier molecular flexibility index (Phi) is 5.99. The molecule has 0 heterocycles. The van der Waals surface area contributed by atoms with E-state index in [-0.39, 0.29) is 18.4 Å². The van der Waals surface area contributed by atoms with E-state index in [4.69, 9.17) is 11.6 Å². The van der Waals surface area contributed by atoms with Gasteiger partial charge in [0.15, 0.2) is 0 Å². The Labute approximate surface area is 147 Å². The van der Waals surface area contributed by atoms with Crippen molar-refractivity contribution in [3.05, 3.63) is 64.2 Å². The maximum atomic E-state index is 12.3. The molecule has 4 nitrogen and oxygen atoms in total.